The van der Waals surface area contributed by atoms with Gasteiger partial charge in [-0.1, -0.05) is 0 Å². The van der Waals surface area contributed by atoms with E-state index in [9.17, 15) is 9.59 Å². The first-order valence-corrected chi connectivity index (χ1v) is 13.1. The van der Waals surface area contributed by atoms with E-state index in [1.807, 2.05) is 73.1 Å². The number of carbonyl (C=O) groups excluding carboxylic acids is 2. The molecular formula is C32H32N4O4+2. The van der Waals surface area contributed by atoms with Gasteiger partial charge in [0.15, 0.2) is 25.5 Å². The van der Waals surface area contributed by atoms with Crippen molar-refractivity contribution in [3.63, 3.8) is 0 Å². The Morgan fingerprint density at radius 1 is 0.625 bits per heavy atom. The number of amides is 2. The van der Waals surface area contributed by atoms with Gasteiger partial charge in [0.1, 0.15) is 13.2 Å². The third-order valence-corrected chi connectivity index (χ3v) is 6.76. The summed E-state index contributed by atoms with van der Waals surface area (Å²) >= 11 is 0. The molecule has 0 spiro atoms. The largest absolute Gasteiger partial charge is 0.378 e. The highest BCUT2D eigenvalue weighted by Crippen LogP contribution is 2.19. The van der Waals surface area contributed by atoms with Crippen molar-refractivity contribution in [3.05, 3.63) is 108 Å². The van der Waals surface area contributed by atoms with Crippen molar-refractivity contribution < 1.29 is 28.2 Å². The van der Waals surface area contributed by atoms with Gasteiger partial charge in [-0.3, -0.25) is 9.59 Å². The van der Waals surface area contributed by atoms with Crippen LogP contribution in [0.5, 0.6) is 0 Å². The summed E-state index contributed by atoms with van der Waals surface area (Å²) in [6.07, 6.45) is 4.02. The minimum Gasteiger partial charge on any atom is -0.378 e. The van der Waals surface area contributed by atoms with Crippen LogP contribution in [-0.4, -0.2) is 39.2 Å². The molecule has 8 nitrogen and oxygen atoms in total. The Morgan fingerprint density at radius 3 is 1.45 bits per heavy atom. The Labute approximate surface area is 232 Å². The van der Waals surface area contributed by atoms with Gasteiger partial charge in [-0.05, 0) is 60.7 Å². The van der Waals surface area contributed by atoms with Crippen LogP contribution >= 0.6 is 0 Å². The fourth-order valence-corrected chi connectivity index (χ4v) is 4.67. The number of nitrogens with zero attached hydrogens (tertiary/aromatic N) is 2. The van der Waals surface area contributed by atoms with E-state index in [0.717, 1.165) is 34.9 Å². The predicted molar refractivity (Wildman–Crippen MR) is 154 cm³/mol. The van der Waals surface area contributed by atoms with Crippen LogP contribution in [0.15, 0.2) is 97.3 Å². The Hall–Kier alpha value is -4.66. The molecule has 0 aliphatic heterocycles. The van der Waals surface area contributed by atoms with Gasteiger partial charge in [-0.25, -0.2) is 0 Å². The zero-order chi connectivity index (χ0) is 27.9. The van der Waals surface area contributed by atoms with Crippen LogP contribution in [0.25, 0.3) is 21.8 Å². The Bertz CT molecular complexity index is 1540. The molecule has 2 heterocycles. The Balaban J connectivity index is 1.24. The molecule has 0 saturated carbocycles. The molecule has 3 aromatic carbocycles. The number of carbonyl (C=O) groups is 2. The second kappa shape index (κ2) is 12.5. The van der Waals surface area contributed by atoms with E-state index in [1.54, 1.807) is 38.5 Å². The smallest absolute Gasteiger partial charge is 0.255 e. The van der Waals surface area contributed by atoms with Gasteiger partial charge in [0.2, 0.25) is 11.0 Å². The first kappa shape index (κ1) is 26.9. The van der Waals surface area contributed by atoms with Crippen LogP contribution in [-0.2, 0) is 22.6 Å². The molecule has 0 saturated heterocycles. The number of hydrogen-bond acceptors (Lipinski definition) is 4. The van der Waals surface area contributed by atoms with Crippen molar-refractivity contribution in [1.82, 2.24) is 0 Å². The van der Waals surface area contributed by atoms with E-state index in [4.69, 9.17) is 9.47 Å². The summed E-state index contributed by atoms with van der Waals surface area (Å²) in [7, 11) is 3.37. The van der Waals surface area contributed by atoms with Crippen LogP contribution in [0.4, 0.5) is 11.4 Å². The van der Waals surface area contributed by atoms with Gasteiger partial charge < -0.3 is 20.1 Å². The number of benzene rings is 3. The summed E-state index contributed by atoms with van der Waals surface area (Å²) in [4.78, 5) is 25.8. The van der Waals surface area contributed by atoms with Gasteiger partial charge in [0.05, 0.1) is 0 Å². The van der Waals surface area contributed by atoms with E-state index in [2.05, 4.69) is 19.8 Å². The lowest BCUT2D eigenvalue weighted by atomic mass is 10.1. The van der Waals surface area contributed by atoms with Crippen molar-refractivity contribution in [3.8, 4) is 0 Å². The highest BCUT2D eigenvalue weighted by atomic mass is 16.5. The number of hydrogen-bond donors (Lipinski definition) is 2. The van der Waals surface area contributed by atoms with E-state index in [-0.39, 0.29) is 11.8 Å². The lowest BCUT2D eigenvalue weighted by Crippen LogP contribution is -2.36. The van der Waals surface area contributed by atoms with Gasteiger partial charge >= 0.3 is 0 Å². The van der Waals surface area contributed by atoms with Crippen molar-refractivity contribution in [2.75, 3.05) is 38.1 Å². The van der Waals surface area contributed by atoms with Gasteiger partial charge in [-0.15, -0.1) is 0 Å². The number of pyridine rings is 2. The summed E-state index contributed by atoms with van der Waals surface area (Å²) in [5, 5.41) is 7.94. The van der Waals surface area contributed by atoms with Crippen LogP contribution in [0.2, 0.25) is 0 Å². The number of ether oxygens (including phenoxy) is 2. The quantitative estimate of drug-likeness (QED) is 0.260. The highest BCUT2D eigenvalue weighted by molar-refractivity contribution is 6.08. The van der Waals surface area contributed by atoms with Gasteiger partial charge in [0, 0.05) is 71.8 Å². The number of rotatable bonds is 10. The maximum absolute atomic E-state index is 12.9. The molecule has 2 amide bonds. The van der Waals surface area contributed by atoms with Crippen molar-refractivity contribution in [2.24, 2.45) is 0 Å². The molecule has 2 aromatic heterocycles. The first-order valence-electron chi connectivity index (χ1n) is 13.1. The second-order valence-electron chi connectivity index (χ2n) is 9.42. The fraction of sp³-hybridized carbons (Fsp3) is 0.188. The molecule has 202 valence electrons. The molecular weight excluding hydrogens is 504 g/mol. The van der Waals surface area contributed by atoms with E-state index in [0.29, 0.717) is 35.7 Å². The van der Waals surface area contributed by atoms with Gasteiger partial charge in [0.25, 0.3) is 11.8 Å². The second-order valence-corrected chi connectivity index (χ2v) is 9.42. The summed E-state index contributed by atoms with van der Waals surface area (Å²) in [5.41, 5.74) is 4.44. The molecule has 5 aromatic rings. The minimum absolute atomic E-state index is 0.245. The molecule has 0 fully saturated rings. The standard InChI is InChI=1S/C32H30N4O4/c1-39-19-17-35-15-3-5-25-21-27(11-13-29(25)35)33-31(37)23-7-9-24(10-8-23)32(38)34-28-12-14-30-26(22-28)6-4-16-36(30)18-20-40-2/h3-16,21-22H,17-20H2,1-2H3/p+2. The van der Waals surface area contributed by atoms with Crippen LogP contribution in [0.3, 0.4) is 0 Å². The third kappa shape index (κ3) is 6.14. The maximum atomic E-state index is 12.9. The number of aromatic nitrogens is 2. The van der Waals surface area contributed by atoms with Crippen LogP contribution in [0, 0.1) is 0 Å². The van der Waals surface area contributed by atoms with Crippen molar-refractivity contribution >= 4 is 45.0 Å². The number of nitrogens with one attached hydrogen (secondary N) is 2. The summed E-state index contributed by atoms with van der Waals surface area (Å²) < 4.78 is 14.6. The maximum Gasteiger partial charge on any atom is 0.255 e. The summed E-state index contributed by atoms with van der Waals surface area (Å²) in [5.74, 6) is -0.489. The minimum atomic E-state index is -0.245. The fourth-order valence-electron chi connectivity index (χ4n) is 4.67. The average molecular weight is 537 g/mol. The van der Waals surface area contributed by atoms with E-state index >= 15 is 0 Å². The molecule has 0 atom stereocenters. The molecule has 0 aliphatic carbocycles. The van der Waals surface area contributed by atoms with E-state index in [1.165, 1.54) is 0 Å². The molecule has 2 N–H and O–H groups in total. The third-order valence-electron chi connectivity index (χ3n) is 6.76. The lowest BCUT2D eigenvalue weighted by Gasteiger charge is -2.09. The molecule has 8 heteroatoms. The Kier molecular flexibility index (Phi) is 8.39. The Morgan fingerprint density at radius 2 is 1.05 bits per heavy atom. The highest BCUT2D eigenvalue weighted by Gasteiger charge is 2.14. The van der Waals surface area contributed by atoms with E-state index < -0.39 is 0 Å². The zero-order valence-electron chi connectivity index (χ0n) is 22.6. The summed E-state index contributed by atoms with van der Waals surface area (Å²) in [6, 6.07) is 26.2. The normalized spacial score (nSPS) is 11.1. The zero-order valence-corrected chi connectivity index (χ0v) is 22.6. The number of fused-ring (bicyclic) bond motifs is 2. The molecule has 40 heavy (non-hydrogen) atoms. The SMILES string of the molecule is COCC[n+]1cccc2cc(NC(=O)c3ccc(C(=O)Nc4ccc5c(ccc[n+]5CCOC)c4)cc3)ccc21. The van der Waals surface area contributed by atoms with Crippen molar-refractivity contribution in [1.29, 1.82) is 0 Å². The van der Waals surface area contributed by atoms with Crippen LogP contribution in [0.1, 0.15) is 20.7 Å². The molecule has 5 rings (SSSR count). The molecule has 0 radical (unpaired) electrons. The topological polar surface area (TPSA) is 84.4 Å². The lowest BCUT2D eigenvalue weighted by molar-refractivity contribution is -0.673. The van der Waals surface area contributed by atoms with Crippen molar-refractivity contribution in [2.45, 2.75) is 13.1 Å². The van der Waals surface area contributed by atoms with Gasteiger partial charge in [-0.2, -0.15) is 9.13 Å². The monoisotopic (exact) mass is 536 g/mol. The first-order chi connectivity index (χ1) is 19.6. The predicted octanol–water partition coefficient (Wildman–Crippen LogP) is 4.37. The van der Waals surface area contributed by atoms with Crippen LogP contribution < -0.4 is 19.8 Å². The summed E-state index contributed by atoms with van der Waals surface area (Å²) in [6.45, 7) is 2.73. The molecule has 0 unspecified atom stereocenters. The number of methoxy groups -OCH3 is 2. The average Bonchev–Trinajstić information content (AvgIpc) is 2.98. The number of anilines is 2. The molecule has 0 aliphatic rings. The molecule has 0 bridgehead atoms.